The van der Waals surface area contributed by atoms with Crippen LogP contribution in [0.1, 0.15) is 44.1 Å². The van der Waals surface area contributed by atoms with Gasteiger partial charge in [-0.1, -0.05) is 17.7 Å². The molecule has 7 rings (SSSR count). The highest BCUT2D eigenvalue weighted by Crippen LogP contribution is 2.63. The Bertz CT molecular complexity index is 1160. The number of hydrogen-bond donors (Lipinski definition) is 2. The number of nitrogens with zero attached hydrogens (tertiary/aromatic N) is 2. The summed E-state index contributed by atoms with van der Waals surface area (Å²) in [7, 11) is 0. The number of carboxylic acids is 1. The van der Waals surface area contributed by atoms with E-state index >= 15 is 0 Å². The van der Waals surface area contributed by atoms with Gasteiger partial charge in [-0.15, -0.1) is 0 Å². The number of carbonyl (C=O) groups is 1. The van der Waals surface area contributed by atoms with Crippen molar-refractivity contribution in [1.82, 2.24) is 9.78 Å². The molecule has 2 atom stereocenters. The first kappa shape index (κ1) is 19.9. The number of benzene rings is 1. The fourth-order valence-electron chi connectivity index (χ4n) is 6.85. The molecule has 4 aliphatic carbocycles. The minimum absolute atomic E-state index is 0.0841. The molecule has 9 heteroatoms. The molecule has 4 saturated carbocycles. The highest BCUT2D eigenvalue weighted by Gasteiger charge is 2.62. The van der Waals surface area contributed by atoms with Crippen molar-refractivity contribution in [2.24, 2.45) is 17.3 Å². The van der Waals surface area contributed by atoms with Crippen molar-refractivity contribution < 1.29 is 19.4 Å². The van der Waals surface area contributed by atoms with Crippen molar-refractivity contribution in [1.29, 1.82) is 0 Å². The van der Waals surface area contributed by atoms with Crippen LogP contribution < -0.4 is 20.3 Å². The minimum Gasteiger partial charge on any atom is -0.481 e. The molecule has 0 spiro atoms. The third kappa shape index (κ3) is 2.92. The molecule has 1 aromatic heterocycles. The monoisotopic (exact) mass is 457 g/mol. The molecule has 8 nitrogen and oxygen atoms in total. The minimum atomic E-state index is -0.742. The van der Waals surface area contributed by atoms with Gasteiger partial charge in [-0.05, 0) is 68.1 Å². The summed E-state index contributed by atoms with van der Waals surface area (Å²) in [6.45, 7) is 0.658. The summed E-state index contributed by atoms with van der Waals surface area (Å²) in [5.74, 6) is 1.31. The lowest BCUT2D eigenvalue weighted by Crippen LogP contribution is -2.61. The van der Waals surface area contributed by atoms with Crippen LogP contribution in [0.2, 0.25) is 5.02 Å². The molecule has 2 N–H and O–H groups in total. The number of anilines is 1. The fraction of sp³-hybridized carbons (Fsp3) is 0.522. The number of fused-ring (bicyclic) bond motifs is 1. The molecule has 2 aromatic rings. The molecular weight excluding hydrogens is 434 g/mol. The zero-order valence-corrected chi connectivity index (χ0v) is 18.2. The number of nitrogens with one attached hydrogen (secondary N) is 1. The fourth-order valence-corrected chi connectivity index (χ4v) is 7.05. The summed E-state index contributed by atoms with van der Waals surface area (Å²) in [5, 5.41) is 17.8. The van der Waals surface area contributed by atoms with Crippen molar-refractivity contribution in [2.75, 3.05) is 12.1 Å². The molecular formula is C23H24ClN3O5. The summed E-state index contributed by atoms with van der Waals surface area (Å²) in [5.41, 5.74) is -0.236. The maximum Gasteiger partial charge on any atom is 0.309 e. The molecule has 1 aliphatic heterocycles. The van der Waals surface area contributed by atoms with Crippen LogP contribution in [-0.4, -0.2) is 27.6 Å². The van der Waals surface area contributed by atoms with Crippen molar-refractivity contribution in [3.8, 4) is 11.5 Å². The molecule has 2 unspecified atom stereocenters. The van der Waals surface area contributed by atoms with Crippen molar-refractivity contribution in [3.05, 3.63) is 45.3 Å². The Labute approximate surface area is 189 Å². The van der Waals surface area contributed by atoms with Crippen LogP contribution in [0.5, 0.6) is 11.5 Å². The predicted molar refractivity (Wildman–Crippen MR) is 116 cm³/mol. The lowest BCUT2D eigenvalue weighted by atomic mass is 9.47. The largest absolute Gasteiger partial charge is 0.481 e. The number of aromatic nitrogens is 2. The van der Waals surface area contributed by atoms with E-state index < -0.39 is 16.9 Å². The first-order valence-corrected chi connectivity index (χ1v) is 11.4. The Morgan fingerprint density at radius 3 is 2.72 bits per heavy atom. The Hall–Kier alpha value is -2.74. The van der Waals surface area contributed by atoms with Gasteiger partial charge in [0.1, 0.15) is 5.02 Å². The molecule has 168 valence electrons. The highest BCUT2D eigenvalue weighted by molar-refractivity contribution is 6.32. The molecule has 1 aromatic carbocycles. The molecule has 0 saturated heterocycles. The number of halogens is 1. The summed E-state index contributed by atoms with van der Waals surface area (Å²) in [6.07, 6.45) is 6.10. The van der Waals surface area contributed by atoms with E-state index in [1.807, 2.05) is 18.2 Å². The molecule has 5 aliphatic rings. The van der Waals surface area contributed by atoms with Gasteiger partial charge in [0.15, 0.2) is 11.5 Å². The quantitative estimate of drug-likeness (QED) is 0.706. The smallest absolute Gasteiger partial charge is 0.309 e. The lowest BCUT2D eigenvalue weighted by molar-refractivity contribution is -0.173. The van der Waals surface area contributed by atoms with Crippen molar-refractivity contribution in [2.45, 2.75) is 50.6 Å². The average molecular weight is 458 g/mol. The van der Waals surface area contributed by atoms with E-state index in [0.29, 0.717) is 54.8 Å². The molecule has 32 heavy (non-hydrogen) atoms. The maximum absolute atomic E-state index is 13.3. The molecule has 0 amide bonds. The van der Waals surface area contributed by atoms with Crippen LogP contribution in [-0.2, 0) is 16.9 Å². The maximum atomic E-state index is 13.3. The van der Waals surface area contributed by atoms with Gasteiger partial charge in [-0.3, -0.25) is 9.59 Å². The number of carboxylic acid groups (broad SMARTS) is 1. The Morgan fingerprint density at radius 2 is 1.97 bits per heavy atom. The van der Waals surface area contributed by atoms with Gasteiger partial charge in [-0.2, -0.15) is 5.10 Å². The second kappa shape index (κ2) is 6.88. The third-order valence-corrected chi connectivity index (χ3v) is 8.14. The molecule has 2 heterocycles. The second-order valence-electron chi connectivity index (χ2n) is 9.90. The highest BCUT2D eigenvalue weighted by atomic mass is 35.5. The molecule has 0 radical (unpaired) electrons. The third-order valence-electron chi connectivity index (χ3n) is 7.77. The predicted octanol–water partition coefficient (Wildman–Crippen LogP) is 3.62. The first-order chi connectivity index (χ1) is 15.4. The van der Waals surface area contributed by atoms with E-state index in [4.69, 9.17) is 21.1 Å². The summed E-state index contributed by atoms with van der Waals surface area (Å²) < 4.78 is 12.2. The lowest BCUT2D eigenvalue weighted by Gasteiger charge is -2.60. The van der Waals surface area contributed by atoms with Crippen LogP contribution in [0.15, 0.2) is 29.2 Å². The van der Waals surface area contributed by atoms with Gasteiger partial charge >= 0.3 is 5.97 Å². The van der Waals surface area contributed by atoms with Gasteiger partial charge in [0, 0.05) is 6.54 Å². The van der Waals surface area contributed by atoms with E-state index in [0.717, 1.165) is 24.8 Å². The Kier molecular flexibility index (Phi) is 4.28. The second-order valence-corrected chi connectivity index (χ2v) is 10.3. The first-order valence-electron chi connectivity index (χ1n) is 11.0. The van der Waals surface area contributed by atoms with E-state index in [-0.39, 0.29) is 17.4 Å². The Morgan fingerprint density at radius 1 is 1.22 bits per heavy atom. The number of aliphatic carboxylic acids is 1. The Balaban J connectivity index is 1.28. The van der Waals surface area contributed by atoms with Crippen LogP contribution >= 0.6 is 11.6 Å². The van der Waals surface area contributed by atoms with Crippen LogP contribution in [0.4, 0.5) is 5.69 Å². The SMILES string of the molecule is O=C(O)C12CC3CC(C1)CC(n1ncc(NCc4ccc5c(c4)OCO5)c(Cl)c1=O)(C3)C2. The molecule has 4 fully saturated rings. The van der Waals surface area contributed by atoms with Gasteiger partial charge in [0.25, 0.3) is 5.56 Å². The van der Waals surface area contributed by atoms with Gasteiger partial charge in [-0.25, -0.2) is 4.68 Å². The van der Waals surface area contributed by atoms with Gasteiger partial charge < -0.3 is 19.9 Å². The van der Waals surface area contributed by atoms with Crippen LogP contribution in [0.25, 0.3) is 0 Å². The zero-order valence-electron chi connectivity index (χ0n) is 17.5. The average Bonchev–Trinajstić information content (AvgIpc) is 3.21. The summed E-state index contributed by atoms with van der Waals surface area (Å²) >= 11 is 6.50. The van der Waals surface area contributed by atoms with Crippen LogP contribution in [0.3, 0.4) is 0 Å². The normalized spacial score (nSPS) is 31.7. The van der Waals surface area contributed by atoms with E-state index in [9.17, 15) is 14.7 Å². The standard InChI is InChI=1S/C23H24ClN3O5/c24-19-16(25-9-13-1-2-17-18(4-13)32-12-31-17)10-26-27(20(19)28)23-7-14-3-15(8-23)6-22(5-14,11-23)21(29)30/h1-2,4,10,14-15,25H,3,5-9,11-12H2,(H,29,30). The summed E-state index contributed by atoms with van der Waals surface area (Å²) in [4.78, 5) is 25.5. The van der Waals surface area contributed by atoms with Gasteiger partial charge in [0.2, 0.25) is 6.79 Å². The number of hydrogen-bond acceptors (Lipinski definition) is 6. The number of ether oxygens (including phenoxy) is 2. The molecule has 4 bridgehead atoms. The van der Waals surface area contributed by atoms with Crippen molar-refractivity contribution in [3.63, 3.8) is 0 Å². The summed E-state index contributed by atoms with van der Waals surface area (Å²) in [6, 6.07) is 5.66. The van der Waals surface area contributed by atoms with Gasteiger partial charge in [0.05, 0.1) is 22.8 Å². The van der Waals surface area contributed by atoms with E-state index in [2.05, 4.69) is 10.4 Å². The van der Waals surface area contributed by atoms with Crippen LogP contribution in [0, 0.1) is 17.3 Å². The van der Waals surface area contributed by atoms with E-state index in [1.165, 1.54) is 4.68 Å². The zero-order chi connectivity index (χ0) is 22.1. The van der Waals surface area contributed by atoms with E-state index in [1.54, 1.807) is 6.20 Å². The van der Waals surface area contributed by atoms with Crippen molar-refractivity contribution >= 4 is 23.3 Å². The number of rotatable bonds is 5. The topological polar surface area (TPSA) is 103 Å².